The van der Waals surface area contributed by atoms with Gasteiger partial charge in [0, 0.05) is 42.9 Å². The van der Waals surface area contributed by atoms with Crippen LogP contribution in [0, 0.1) is 5.41 Å². The predicted molar refractivity (Wildman–Crippen MR) is 95.7 cm³/mol. The Hall–Kier alpha value is -1.41. The molecule has 0 bridgehead atoms. The van der Waals surface area contributed by atoms with E-state index in [4.69, 9.17) is 0 Å². The second kappa shape index (κ2) is 6.88. The van der Waals surface area contributed by atoms with Gasteiger partial charge in [-0.15, -0.1) is 0 Å². The highest BCUT2D eigenvalue weighted by Gasteiger charge is 2.46. The standard InChI is InChI=1S/C19H27F3N4O/c1-25-10-7-15(27)18(11-25)8-4-9-26(12-18)17-23-14-6-3-2-5-13(14)16(24-17)19(20,21)22/h15,27H,2-12H2,1H3/t15-,18-/m0/s1. The van der Waals surface area contributed by atoms with Gasteiger partial charge in [0.25, 0.3) is 0 Å². The Labute approximate surface area is 157 Å². The van der Waals surface area contributed by atoms with E-state index < -0.39 is 18.0 Å². The van der Waals surface area contributed by atoms with Gasteiger partial charge < -0.3 is 14.9 Å². The Bertz CT molecular complexity index is 711. The third-order valence-corrected chi connectivity index (χ3v) is 6.41. The van der Waals surface area contributed by atoms with Crippen molar-refractivity contribution < 1.29 is 18.3 Å². The van der Waals surface area contributed by atoms with Crippen LogP contribution in [0.2, 0.25) is 0 Å². The van der Waals surface area contributed by atoms with E-state index >= 15 is 0 Å². The van der Waals surface area contributed by atoms with Crippen molar-refractivity contribution >= 4 is 5.95 Å². The number of aromatic nitrogens is 2. The maximum Gasteiger partial charge on any atom is 0.433 e. The van der Waals surface area contributed by atoms with Crippen LogP contribution in [0.1, 0.15) is 49.1 Å². The summed E-state index contributed by atoms with van der Waals surface area (Å²) in [6, 6.07) is 0. The van der Waals surface area contributed by atoms with Gasteiger partial charge in [0.1, 0.15) is 0 Å². The van der Waals surface area contributed by atoms with Crippen LogP contribution in [-0.2, 0) is 19.0 Å². The van der Waals surface area contributed by atoms with Gasteiger partial charge in [0.15, 0.2) is 5.69 Å². The van der Waals surface area contributed by atoms with E-state index in [-0.39, 0.29) is 16.9 Å². The monoisotopic (exact) mass is 384 g/mol. The fourth-order valence-corrected chi connectivity index (χ4v) is 5.06. The molecule has 3 heterocycles. The zero-order valence-corrected chi connectivity index (χ0v) is 15.7. The number of aryl methyl sites for hydroxylation is 1. The van der Waals surface area contributed by atoms with E-state index in [1.807, 2.05) is 11.9 Å². The second-order valence-electron chi connectivity index (χ2n) is 8.43. The molecular formula is C19H27F3N4O. The first kappa shape index (κ1) is 18.9. The molecule has 27 heavy (non-hydrogen) atoms. The maximum absolute atomic E-state index is 13.6. The van der Waals surface area contributed by atoms with Gasteiger partial charge in [-0.3, -0.25) is 0 Å². The molecule has 8 heteroatoms. The van der Waals surface area contributed by atoms with Crippen LogP contribution in [-0.4, -0.2) is 59.3 Å². The number of aliphatic hydroxyl groups excluding tert-OH is 1. The highest BCUT2D eigenvalue weighted by atomic mass is 19.4. The Kier molecular flexibility index (Phi) is 4.83. The van der Waals surface area contributed by atoms with Gasteiger partial charge >= 0.3 is 6.18 Å². The van der Waals surface area contributed by atoms with E-state index in [1.165, 1.54) is 0 Å². The highest BCUT2D eigenvalue weighted by molar-refractivity contribution is 5.40. The average Bonchev–Trinajstić information content (AvgIpc) is 2.63. The molecule has 2 saturated heterocycles. The van der Waals surface area contributed by atoms with Gasteiger partial charge in [0.2, 0.25) is 5.95 Å². The fourth-order valence-electron chi connectivity index (χ4n) is 5.06. The number of nitrogens with zero attached hydrogens (tertiary/aromatic N) is 4. The minimum Gasteiger partial charge on any atom is -0.392 e. The van der Waals surface area contributed by atoms with Crippen molar-refractivity contribution in [3.63, 3.8) is 0 Å². The molecule has 0 saturated carbocycles. The summed E-state index contributed by atoms with van der Waals surface area (Å²) in [5, 5.41) is 10.7. The summed E-state index contributed by atoms with van der Waals surface area (Å²) in [5.41, 5.74) is -0.243. The molecule has 150 valence electrons. The summed E-state index contributed by atoms with van der Waals surface area (Å²) in [7, 11) is 2.03. The molecule has 2 fully saturated rings. The number of alkyl halides is 3. The predicted octanol–water partition coefficient (Wildman–Crippen LogP) is 2.66. The van der Waals surface area contributed by atoms with Crippen molar-refractivity contribution in [1.82, 2.24) is 14.9 Å². The zero-order chi connectivity index (χ0) is 19.2. The number of fused-ring (bicyclic) bond motifs is 1. The Morgan fingerprint density at radius 3 is 2.63 bits per heavy atom. The number of aliphatic hydroxyl groups is 1. The molecule has 3 aliphatic rings. The molecule has 2 aliphatic heterocycles. The Morgan fingerprint density at radius 2 is 1.85 bits per heavy atom. The fraction of sp³-hybridized carbons (Fsp3) is 0.789. The van der Waals surface area contributed by atoms with Crippen LogP contribution in [0.5, 0.6) is 0 Å². The molecule has 1 aliphatic carbocycles. The molecule has 1 aromatic heterocycles. The molecule has 2 atom stereocenters. The summed E-state index contributed by atoms with van der Waals surface area (Å²) in [6.07, 6.45) is 0.115. The van der Waals surface area contributed by atoms with Gasteiger partial charge in [-0.05, 0) is 52.0 Å². The smallest absolute Gasteiger partial charge is 0.392 e. The van der Waals surface area contributed by atoms with E-state index in [9.17, 15) is 18.3 Å². The number of hydrogen-bond acceptors (Lipinski definition) is 5. The van der Waals surface area contributed by atoms with Crippen molar-refractivity contribution in [3.8, 4) is 0 Å². The summed E-state index contributed by atoms with van der Waals surface area (Å²) in [6.45, 7) is 2.74. The van der Waals surface area contributed by atoms with Crippen molar-refractivity contribution in [2.24, 2.45) is 5.41 Å². The van der Waals surface area contributed by atoms with Crippen LogP contribution in [0.4, 0.5) is 19.1 Å². The van der Waals surface area contributed by atoms with Crippen molar-refractivity contribution in [3.05, 3.63) is 17.0 Å². The van der Waals surface area contributed by atoms with E-state index in [0.717, 1.165) is 38.8 Å². The van der Waals surface area contributed by atoms with Gasteiger partial charge in [-0.1, -0.05) is 0 Å². The lowest BCUT2D eigenvalue weighted by atomic mass is 9.71. The normalized spacial score (nSPS) is 29.8. The first-order valence-corrected chi connectivity index (χ1v) is 9.87. The molecule has 4 rings (SSSR count). The van der Waals surface area contributed by atoms with Gasteiger partial charge in [-0.2, -0.15) is 13.2 Å². The molecule has 0 aromatic carbocycles. The third-order valence-electron chi connectivity index (χ3n) is 6.41. The van der Waals surface area contributed by atoms with E-state index in [0.29, 0.717) is 38.0 Å². The third kappa shape index (κ3) is 3.53. The number of halogens is 3. The van der Waals surface area contributed by atoms with Gasteiger partial charge in [-0.25, -0.2) is 9.97 Å². The lowest BCUT2D eigenvalue weighted by Gasteiger charge is -2.50. The minimum atomic E-state index is -4.46. The Balaban J connectivity index is 1.68. The van der Waals surface area contributed by atoms with Gasteiger partial charge in [0.05, 0.1) is 6.10 Å². The largest absolute Gasteiger partial charge is 0.433 e. The molecule has 5 nitrogen and oxygen atoms in total. The number of rotatable bonds is 1. The summed E-state index contributed by atoms with van der Waals surface area (Å²) >= 11 is 0. The van der Waals surface area contributed by atoms with E-state index in [1.54, 1.807) is 0 Å². The van der Waals surface area contributed by atoms with Crippen molar-refractivity contribution in [1.29, 1.82) is 0 Å². The number of likely N-dealkylation sites (tertiary alicyclic amines) is 1. The average molecular weight is 384 g/mol. The van der Waals surface area contributed by atoms with Crippen LogP contribution < -0.4 is 4.90 Å². The second-order valence-corrected chi connectivity index (χ2v) is 8.43. The molecular weight excluding hydrogens is 357 g/mol. The molecule has 1 aromatic rings. The SMILES string of the molecule is CN1CC[C@H](O)[C@@]2(CCCN(c3nc4c(c(C(F)(F)F)n3)CCCC4)C2)C1. The lowest BCUT2D eigenvalue weighted by Crippen LogP contribution is -2.58. The summed E-state index contributed by atoms with van der Waals surface area (Å²) in [5.74, 6) is 0.183. The topological polar surface area (TPSA) is 52.5 Å². The highest BCUT2D eigenvalue weighted by Crippen LogP contribution is 2.41. The zero-order valence-electron chi connectivity index (χ0n) is 15.7. The number of anilines is 1. The Morgan fingerprint density at radius 1 is 1.07 bits per heavy atom. The molecule has 0 radical (unpaired) electrons. The van der Waals surface area contributed by atoms with Crippen molar-refractivity contribution in [2.45, 2.75) is 57.2 Å². The van der Waals surface area contributed by atoms with Crippen LogP contribution in [0.25, 0.3) is 0 Å². The quantitative estimate of drug-likeness (QED) is 0.807. The minimum absolute atomic E-state index is 0.183. The van der Waals surface area contributed by atoms with E-state index in [2.05, 4.69) is 14.9 Å². The van der Waals surface area contributed by atoms with Crippen molar-refractivity contribution in [2.75, 3.05) is 38.1 Å². The molecule has 0 amide bonds. The maximum atomic E-state index is 13.6. The summed E-state index contributed by atoms with van der Waals surface area (Å²) in [4.78, 5) is 12.6. The number of piperidine rings is 2. The number of hydrogen-bond donors (Lipinski definition) is 1. The first-order valence-electron chi connectivity index (χ1n) is 9.87. The summed E-state index contributed by atoms with van der Waals surface area (Å²) < 4.78 is 40.9. The molecule has 0 unspecified atom stereocenters. The molecule has 1 N–H and O–H groups in total. The lowest BCUT2D eigenvalue weighted by molar-refractivity contribution is -0.142. The van der Waals surface area contributed by atoms with Crippen LogP contribution >= 0.6 is 0 Å². The first-order chi connectivity index (χ1) is 12.8. The molecule has 1 spiro atoms. The van der Waals surface area contributed by atoms with Crippen LogP contribution in [0.3, 0.4) is 0 Å². The van der Waals surface area contributed by atoms with Crippen LogP contribution in [0.15, 0.2) is 0 Å².